The van der Waals surface area contributed by atoms with Crippen LogP contribution in [0, 0.1) is 6.92 Å². The number of amides is 1. The van der Waals surface area contributed by atoms with Gasteiger partial charge in [0.05, 0.1) is 14.8 Å². The fourth-order valence-electron chi connectivity index (χ4n) is 2.28. The number of nitrogens with two attached hydrogens (primary N) is 1. The third-order valence-corrected chi connectivity index (χ3v) is 5.37. The van der Waals surface area contributed by atoms with Crippen molar-refractivity contribution in [2.24, 2.45) is 5.14 Å². The average molecular weight is 373 g/mol. The van der Waals surface area contributed by atoms with E-state index in [4.69, 9.17) is 5.14 Å². The average Bonchev–Trinajstić information content (AvgIpc) is 2.97. The molecule has 1 heterocycles. The summed E-state index contributed by atoms with van der Waals surface area (Å²) in [6.07, 6.45) is 0. The zero-order valence-corrected chi connectivity index (χ0v) is 14.9. The number of benzene rings is 2. The van der Waals surface area contributed by atoms with Crippen molar-refractivity contribution in [2.75, 3.05) is 5.32 Å². The molecule has 0 atom stereocenters. The summed E-state index contributed by atoms with van der Waals surface area (Å²) in [6, 6.07) is 15.2. The molecule has 6 nitrogen and oxygen atoms in total. The molecule has 2 aromatic carbocycles. The van der Waals surface area contributed by atoms with E-state index in [9.17, 15) is 13.2 Å². The monoisotopic (exact) mass is 373 g/mol. The number of hydrogen-bond acceptors (Lipinski definition) is 5. The predicted molar refractivity (Wildman–Crippen MR) is 98.1 cm³/mol. The van der Waals surface area contributed by atoms with Crippen molar-refractivity contribution in [3.8, 4) is 10.4 Å². The topological polar surface area (TPSA) is 102 Å². The predicted octanol–water partition coefficient (Wildman–Crippen LogP) is 3.02. The first kappa shape index (κ1) is 17.3. The Kier molecular flexibility index (Phi) is 4.67. The maximum atomic E-state index is 12.6. The van der Waals surface area contributed by atoms with Gasteiger partial charge in [0.15, 0.2) is 0 Å². The van der Waals surface area contributed by atoms with Crippen molar-refractivity contribution in [3.63, 3.8) is 0 Å². The third-order valence-electron chi connectivity index (χ3n) is 3.43. The van der Waals surface area contributed by atoms with Gasteiger partial charge in [-0.2, -0.15) is 0 Å². The number of hydrogen-bond donors (Lipinski definition) is 2. The standard InChI is InChI=1S/C17H15N3O3S2/c1-11-19-15(16(24-11)12-5-3-2-4-6-12)17(21)20-13-7-9-14(10-8-13)25(18,22)23/h2-10H,1H3,(H,20,21)(H2,18,22,23). The van der Waals surface area contributed by atoms with Gasteiger partial charge < -0.3 is 5.32 Å². The molecule has 3 aromatic rings. The quantitative estimate of drug-likeness (QED) is 0.734. The van der Waals surface area contributed by atoms with E-state index in [-0.39, 0.29) is 10.8 Å². The number of rotatable bonds is 4. The second-order valence-corrected chi connectivity index (χ2v) is 8.06. The van der Waals surface area contributed by atoms with Crippen LogP contribution in [0.2, 0.25) is 0 Å². The normalized spacial score (nSPS) is 11.3. The van der Waals surface area contributed by atoms with Crippen LogP contribution in [0.5, 0.6) is 0 Å². The summed E-state index contributed by atoms with van der Waals surface area (Å²) in [6.45, 7) is 1.84. The SMILES string of the molecule is Cc1nc(C(=O)Nc2ccc(S(N)(=O)=O)cc2)c(-c2ccccc2)s1. The third kappa shape index (κ3) is 3.93. The first-order chi connectivity index (χ1) is 11.8. The number of anilines is 1. The van der Waals surface area contributed by atoms with E-state index in [0.29, 0.717) is 11.4 Å². The largest absolute Gasteiger partial charge is 0.321 e. The molecule has 128 valence electrons. The van der Waals surface area contributed by atoms with Gasteiger partial charge in [-0.1, -0.05) is 30.3 Å². The van der Waals surface area contributed by atoms with Crippen LogP contribution in [0.3, 0.4) is 0 Å². The zero-order chi connectivity index (χ0) is 18.0. The number of aromatic nitrogens is 1. The second-order valence-electron chi connectivity index (χ2n) is 5.30. The fourth-order valence-corrected chi connectivity index (χ4v) is 3.72. The highest BCUT2D eigenvalue weighted by Gasteiger charge is 2.18. The molecule has 0 fully saturated rings. The van der Waals surface area contributed by atoms with Gasteiger partial charge in [0.1, 0.15) is 5.69 Å². The number of carbonyl (C=O) groups is 1. The van der Waals surface area contributed by atoms with Crippen LogP contribution in [-0.4, -0.2) is 19.3 Å². The first-order valence-corrected chi connectivity index (χ1v) is 9.68. The van der Waals surface area contributed by atoms with Crippen molar-refractivity contribution in [2.45, 2.75) is 11.8 Å². The molecule has 8 heteroatoms. The van der Waals surface area contributed by atoms with Gasteiger partial charge in [-0.25, -0.2) is 18.5 Å². The molecule has 25 heavy (non-hydrogen) atoms. The Hall–Kier alpha value is -2.55. The minimum atomic E-state index is -3.76. The highest BCUT2D eigenvalue weighted by molar-refractivity contribution is 7.89. The lowest BCUT2D eigenvalue weighted by Crippen LogP contribution is -2.14. The minimum absolute atomic E-state index is 0.0139. The zero-order valence-electron chi connectivity index (χ0n) is 13.3. The van der Waals surface area contributed by atoms with Gasteiger partial charge in [0, 0.05) is 5.69 Å². The summed E-state index contributed by atoms with van der Waals surface area (Å²) in [7, 11) is -3.76. The summed E-state index contributed by atoms with van der Waals surface area (Å²) < 4.78 is 22.5. The van der Waals surface area contributed by atoms with E-state index < -0.39 is 10.0 Å². The smallest absolute Gasteiger partial charge is 0.275 e. The van der Waals surface area contributed by atoms with Crippen molar-refractivity contribution in [3.05, 3.63) is 65.3 Å². The minimum Gasteiger partial charge on any atom is -0.321 e. The second kappa shape index (κ2) is 6.75. The van der Waals surface area contributed by atoms with Gasteiger partial charge >= 0.3 is 0 Å². The molecular weight excluding hydrogens is 358 g/mol. The Bertz CT molecular complexity index is 1010. The molecule has 0 saturated carbocycles. The number of primary sulfonamides is 1. The molecule has 1 aromatic heterocycles. The Labute approximate surface area is 149 Å². The van der Waals surface area contributed by atoms with Crippen LogP contribution in [0.4, 0.5) is 5.69 Å². The number of thiazole rings is 1. The summed E-state index contributed by atoms with van der Waals surface area (Å²) in [5.41, 5.74) is 1.72. The van der Waals surface area contributed by atoms with Crippen molar-refractivity contribution < 1.29 is 13.2 Å². The molecule has 0 aliphatic heterocycles. The Morgan fingerprint density at radius 2 is 1.72 bits per heavy atom. The van der Waals surface area contributed by atoms with Gasteiger partial charge in [-0.05, 0) is 36.8 Å². The first-order valence-electron chi connectivity index (χ1n) is 7.31. The van der Waals surface area contributed by atoms with Crippen LogP contribution >= 0.6 is 11.3 Å². The molecule has 0 aliphatic carbocycles. The highest BCUT2D eigenvalue weighted by atomic mass is 32.2. The van der Waals surface area contributed by atoms with E-state index in [1.807, 2.05) is 37.3 Å². The lowest BCUT2D eigenvalue weighted by Gasteiger charge is -2.06. The highest BCUT2D eigenvalue weighted by Crippen LogP contribution is 2.30. The van der Waals surface area contributed by atoms with Crippen molar-refractivity contribution in [1.82, 2.24) is 4.98 Å². The lowest BCUT2D eigenvalue weighted by atomic mass is 10.1. The summed E-state index contributed by atoms with van der Waals surface area (Å²) >= 11 is 1.44. The molecule has 0 aliphatic rings. The number of carbonyl (C=O) groups excluding carboxylic acids is 1. The lowest BCUT2D eigenvalue weighted by molar-refractivity contribution is 0.102. The molecular formula is C17H15N3O3S2. The molecule has 0 radical (unpaired) electrons. The van der Waals surface area contributed by atoms with E-state index in [2.05, 4.69) is 10.3 Å². The number of aryl methyl sites for hydroxylation is 1. The van der Waals surface area contributed by atoms with Gasteiger partial charge in [-0.15, -0.1) is 11.3 Å². The molecule has 1 amide bonds. The molecule has 0 spiro atoms. The molecule has 0 bridgehead atoms. The van der Waals surface area contributed by atoms with E-state index >= 15 is 0 Å². The maximum absolute atomic E-state index is 12.6. The Morgan fingerprint density at radius 1 is 1.08 bits per heavy atom. The van der Waals surface area contributed by atoms with Gasteiger partial charge in [0.25, 0.3) is 5.91 Å². The number of sulfonamides is 1. The van der Waals surface area contributed by atoms with Crippen molar-refractivity contribution in [1.29, 1.82) is 0 Å². The number of nitrogens with one attached hydrogen (secondary N) is 1. The fraction of sp³-hybridized carbons (Fsp3) is 0.0588. The van der Waals surface area contributed by atoms with E-state index in [1.165, 1.54) is 35.6 Å². The Morgan fingerprint density at radius 3 is 2.32 bits per heavy atom. The summed E-state index contributed by atoms with van der Waals surface area (Å²) in [5, 5.41) is 8.58. The number of nitrogens with zero attached hydrogens (tertiary/aromatic N) is 1. The van der Waals surface area contributed by atoms with E-state index in [1.54, 1.807) is 0 Å². The maximum Gasteiger partial charge on any atom is 0.275 e. The molecule has 0 saturated heterocycles. The van der Waals surface area contributed by atoms with Crippen LogP contribution in [0.1, 0.15) is 15.5 Å². The van der Waals surface area contributed by atoms with Crippen LogP contribution < -0.4 is 10.5 Å². The van der Waals surface area contributed by atoms with Crippen LogP contribution in [0.15, 0.2) is 59.5 Å². The van der Waals surface area contributed by atoms with E-state index in [0.717, 1.165) is 15.4 Å². The van der Waals surface area contributed by atoms with Gasteiger partial charge in [0.2, 0.25) is 10.0 Å². The molecule has 0 unspecified atom stereocenters. The Balaban J connectivity index is 1.87. The van der Waals surface area contributed by atoms with Crippen LogP contribution in [0.25, 0.3) is 10.4 Å². The molecule has 3 rings (SSSR count). The van der Waals surface area contributed by atoms with Crippen LogP contribution in [-0.2, 0) is 10.0 Å². The van der Waals surface area contributed by atoms with Gasteiger partial charge in [-0.3, -0.25) is 4.79 Å². The summed E-state index contributed by atoms with van der Waals surface area (Å²) in [5.74, 6) is -0.355. The summed E-state index contributed by atoms with van der Waals surface area (Å²) in [4.78, 5) is 17.7. The molecule has 3 N–H and O–H groups in total. The van der Waals surface area contributed by atoms with Crippen molar-refractivity contribution >= 4 is 33.0 Å².